The van der Waals surface area contributed by atoms with Crippen LogP contribution in [0.1, 0.15) is 17.2 Å². The number of rotatable bonds is 5. The first-order valence-electron chi connectivity index (χ1n) is 6.72. The van der Waals surface area contributed by atoms with Gasteiger partial charge in [0.2, 0.25) is 0 Å². The highest BCUT2D eigenvalue weighted by Gasteiger charge is 2.14. The maximum Gasteiger partial charge on any atom is 0.259 e. The molecule has 2 aromatic rings. The topological polar surface area (TPSA) is 62.1 Å². The van der Waals surface area contributed by atoms with Crippen LogP contribution in [-0.2, 0) is 4.79 Å². The van der Waals surface area contributed by atoms with E-state index in [-0.39, 0.29) is 12.4 Å². The first-order valence-corrected chi connectivity index (χ1v) is 6.72. The van der Waals surface area contributed by atoms with Crippen LogP contribution in [0.3, 0.4) is 0 Å². The zero-order valence-corrected chi connectivity index (χ0v) is 12.0. The van der Waals surface area contributed by atoms with E-state index in [9.17, 15) is 9.18 Å². The van der Waals surface area contributed by atoms with Gasteiger partial charge in [0.1, 0.15) is 17.6 Å². The molecule has 0 radical (unpaired) electrons. The van der Waals surface area contributed by atoms with Crippen LogP contribution in [0.25, 0.3) is 0 Å². The van der Waals surface area contributed by atoms with Crippen molar-refractivity contribution in [3.05, 3.63) is 65.5 Å². The van der Waals surface area contributed by atoms with Crippen molar-refractivity contribution in [1.82, 2.24) is 5.32 Å². The van der Waals surface area contributed by atoms with Gasteiger partial charge in [-0.15, -0.1) is 0 Å². The van der Waals surface area contributed by atoms with E-state index in [1.165, 1.54) is 18.2 Å². The van der Waals surface area contributed by atoms with Crippen molar-refractivity contribution in [3.63, 3.8) is 0 Å². The minimum Gasteiger partial charge on any atom is -0.484 e. The maximum atomic E-state index is 13.0. The molecule has 1 amide bonds. The summed E-state index contributed by atoms with van der Waals surface area (Å²) in [7, 11) is 0. The smallest absolute Gasteiger partial charge is 0.259 e. The number of aryl methyl sites for hydroxylation is 1. The number of nitrogens with zero attached hydrogens (tertiary/aromatic N) is 1. The molecule has 112 valence electrons. The highest BCUT2D eigenvalue weighted by Crippen LogP contribution is 2.14. The molecular formula is C17H15FN2O2. The van der Waals surface area contributed by atoms with E-state index in [4.69, 9.17) is 10.00 Å². The van der Waals surface area contributed by atoms with E-state index in [0.717, 1.165) is 5.56 Å². The molecule has 0 spiro atoms. The monoisotopic (exact) mass is 298 g/mol. The first-order chi connectivity index (χ1) is 10.6. The molecule has 0 heterocycles. The van der Waals surface area contributed by atoms with Crippen LogP contribution in [-0.4, -0.2) is 12.5 Å². The van der Waals surface area contributed by atoms with Crippen molar-refractivity contribution in [2.75, 3.05) is 6.61 Å². The molecule has 0 aliphatic heterocycles. The number of hydrogen-bond donors (Lipinski definition) is 1. The third-order valence-electron chi connectivity index (χ3n) is 3.01. The molecule has 2 rings (SSSR count). The summed E-state index contributed by atoms with van der Waals surface area (Å²) in [6.45, 7) is 1.66. The molecule has 5 heteroatoms. The second kappa shape index (κ2) is 7.23. The molecule has 0 saturated heterocycles. The van der Waals surface area contributed by atoms with Crippen LogP contribution in [0.15, 0.2) is 48.5 Å². The lowest BCUT2D eigenvalue weighted by Crippen LogP contribution is -2.32. The minimum absolute atomic E-state index is 0.263. The summed E-state index contributed by atoms with van der Waals surface area (Å²) in [4.78, 5) is 11.8. The van der Waals surface area contributed by atoms with Crippen molar-refractivity contribution < 1.29 is 13.9 Å². The standard InChI is InChI=1S/C17H15FN2O2/c1-12-5-7-13(8-6-12)16(10-19)20-17(21)11-22-15-4-2-3-14(18)9-15/h2-9,16H,11H2,1H3,(H,20,21). The highest BCUT2D eigenvalue weighted by atomic mass is 19.1. The maximum absolute atomic E-state index is 13.0. The van der Waals surface area contributed by atoms with Gasteiger partial charge in [-0.1, -0.05) is 35.9 Å². The molecule has 0 fully saturated rings. The molecule has 0 aromatic heterocycles. The Balaban J connectivity index is 1.92. The number of carbonyl (C=O) groups excluding carboxylic acids is 1. The van der Waals surface area contributed by atoms with Crippen molar-refractivity contribution in [2.24, 2.45) is 0 Å². The summed E-state index contributed by atoms with van der Waals surface area (Å²) in [5.41, 5.74) is 1.77. The highest BCUT2D eigenvalue weighted by molar-refractivity contribution is 5.78. The van der Waals surface area contributed by atoms with Gasteiger partial charge in [-0.3, -0.25) is 4.79 Å². The second-order valence-corrected chi connectivity index (χ2v) is 4.79. The molecule has 4 nitrogen and oxygen atoms in total. The summed E-state index contributed by atoms with van der Waals surface area (Å²) in [5.74, 6) is -0.622. The summed E-state index contributed by atoms with van der Waals surface area (Å²) < 4.78 is 18.2. The Kier molecular flexibility index (Phi) is 5.10. The predicted octanol–water partition coefficient (Wildman–Crippen LogP) is 2.89. The predicted molar refractivity (Wildman–Crippen MR) is 79.6 cm³/mol. The summed E-state index contributed by atoms with van der Waals surface area (Å²) in [6.07, 6.45) is 0. The number of ether oxygens (including phenoxy) is 1. The van der Waals surface area contributed by atoms with Gasteiger partial charge in [0, 0.05) is 6.07 Å². The number of hydrogen-bond acceptors (Lipinski definition) is 3. The number of nitriles is 1. The van der Waals surface area contributed by atoms with E-state index in [1.807, 2.05) is 25.1 Å². The fourth-order valence-corrected chi connectivity index (χ4v) is 1.86. The van der Waals surface area contributed by atoms with E-state index in [0.29, 0.717) is 5.56 Å². The van der Waals surface area contributed by atoms with Crippen molar-refractivity contribution >= 4 is 5.91 Å². The Bertz CT molecular complexity index is 693. The summed E-state index contributed by atoms with van der Waals surface area (Å²) in [5, 5.41) is 11.7. The second-order valence-electron chi connectivity index (χ2n) is 4.79. The normalized spacial score (nSPS) is 11.3. The fourth-order valence-electron chi connectivity index (χ4n) is 1.86. The Labute approximate surface area is 128 Å². The number of benzene rings is 2. The quantitative estimate of drug-likeness (QED) is 0.923. The molecule has 2 aromatic carbocycles. The van der Waals surface area contributed by atoms with Gasteiger partial charge in [0.15, 0.2) is 6.61 Å². The summed E-state index contributed by atoms with van der Waals surface area (Å²) in [6, 6.07) is 14.1. The van der Waals surface area contributed by atoms with Crippen molar-refractivity contribution in [1.29, 1.82) is 5.26 Å². The van der Waals surface area contributed by atoms with Crippen LogP contribution in [0.5, 0.6) is 5.75 Å². The minimum atomic E-state index is -0.746. The molecule has 1 N–H and O–H groups in total. The van der Waals surface area contributed by atoms with Gasteiger partial charge in [-0.2, -0.15) is 5.26 Å². The Morgan fingerprint density at radius 1 is 1.32 bits per heavy atom. The van der Waals surface area contributed by atoms with Crippen LogP contribution >= 0.6 is 0 Å². The Morgan fingerprint density at radius 3 is 2.68 bits per heavy atom. The third-order valence-corrected chi connectivity index (χ3v) is 3.01. The van der Waals surface area contributed by atoms with Crippen molar-refractivity contribution in [3.8, 4) is 11.8 Å². The van der Waals surface area contributed by atoms with E-state index >= 15 is 0 Å². The molecule has 0 aliphatic carbocycles. The largest absolute Gasteiger partial charge is 0.484 e. The van der Waals surface area contributed by atoms with Crippen LogP contribution < -0.4 is 10.1 Å². The van der Waals surface area contributed by atoms with Gasteiger partial charge >= 0.3 is 0 Å². The fraction of sp³-hybridized carbons (Fsp3) is 0.176. The van der Waals surface area contributed by atoms with Gasteiger partial charge in [0.05, 0.1) is 6.07 Å². The number of halogens is 1. The third kappa shape index (κ3) is 4.32. The molecule has 0 aliphatic rings. The molecule has 1 unspecified atom stereocenters. The van der Waals surface area contributed by atoms with Gasteiger partial charge in [-0.25, -0.2) is 4.39 Å². The van der Waals surface area contributed by atoms with Gasteiger partial charge < -0.3 is 10.1 Å². The van der Waals surface area contributed by atoms with E-state index in [1.54, 1.807) is 18.2 Å². The number of carbonyl (C=O) groups is 1. The van der Waals surface area contributed by atoms with Crippen LogP contribution in [0.4, 0.5) is 4.39 Å². The van der Waals surface area contributed by atoms with E-state index in [2.05, 4.69) is 5.32 Å². The lowest BCUT2D eigenvalue weighted by Gasteiger charge is -2.13. The lowest BCUT2D eigenvalue weighted by molar-refractivity contribution is -0.123. The first kappa shape index (κ1) is 15.5. The Hall–Kier alpha value is -2.87. The molecule has 22 heavy (non-hydrogen) atoms. The molecular weight excluding hydrogens is 283 g/mol. The van der Waals surface area contributed by atoms with Crippen LogP contribution in [0.2, 0.25) is 0 Å². The average molecular weight is 298 g/mol. The SMILES string of the molecule is Cc1ccc(C(C#N)NC(=O)COc2cccc(F)c2)cc1. The molecule has 1 atom stereocenters. The van der Waals surface area contributed by atoms with Crippen LogP contribution in [0, 0.1) is 24.1 Å². The summed E-state index contributed by atoms with van der Waals surface area (Å²) >= 11 is 0. The average Bonchev–Trinajstić information content (AvgIpc) is 2.52. The van der Waals surface area contributed by atoms with Crippen molar-refractivity contribution in [2.45, 2.75) is 13.0 Å². The zero-order chi connectivity index (χ0) is 15.9. The molecule has 0 saturated carbocycles. The lowest BCUT2D eigenvalue weighted by atomic mass is 10.1. The Morgan fingerprint density at radius 2 is 2.05 bits per heavy atom. The molecule has 0 bridgehead atoms. The number of nitrogens with one attached hydrogen (secondary N) is 1. The van der Waals surface area contributed by atoms with E-state index < -0.39 is 17.8 Å². The zero-order valence-electron chi connectivity index (χ0n) is 12.0. The van der Waals surface area contributed by atoms with Gasteiger partial charge in [0.25, 0.3) is 5.91 Å². The number of amides is 1. The van der Waals surface area contributed by atoms with Gasteiger partial charge in [-0.05, 0) is 24.6 Å².